The van der Waals surface area contributed by atoms with E-state index in [1.165, 1.54) is 28.4 Å². The molecule has 2 heterocycles. The van der Waals surface area contributed by atoms with Crippen LogP contribution in [0.5, 0.6) is 28.9 Å². The van der Waals surface area contributed by atoms with Crippen molar-refractivity contribution in [3.8, 4) is 28.9 Å². The summed E-state index contributed by atoms with van der Waals surface area (Å²) in [6.07, 6.45) is 1.57. The molecule has 0 amide bonds. The zero-order valence-electron chi connectivity index (χ0n) is 18.8. The monoisotopic (exact) mass is 450 g/mol. The van der Waals surface area contributed by atoms with Crippen LogP contribution in [0.3, 0.4) is 0 Å². The number of aliphatic imine (C=N–C) groups is 1. The van der Waals surface area contributed by atoms with E-state index in [0.717, 1.165) is 10.9 Å². The number of rotatable bonds is 7. The van der Waals surface area contributed by atoms with Gasteiger partial charge >= 0.3 is 5.97 Å². The molecule has 0 aliphatic carbocycles. The smallest absolute Gasteiger partial charge is 0.363 e. The molecule has 1 aliphatic heterocycles. The number of benzene rings is 2. The average Bonchev–Trinajstić information content (AvgIpc) is 3.22. The molecule has 1 aromatic heterocycles. The first-order chi connectivity index (χ1) is 16.0. The Kier molecular flexibility index (Phi) is 6.03. The number of methoxy groups -OCH3 is 5. The predicted octanol–water partition coefficient (Wildman–Crippen LogP) is 3.62. The summed E-state index contributed by atoms with van der Waals surface area (Å²) in [5.41, 5.74) is 1.89. The van der Waals surface area contributed by atoms with Crippen molar-refractivity contribution in [3.05, 3.63) is 53.2 Å². The first-order valence-corrected chi connectivity index (χ1v) is 9.87. The first kappa shape index (κ1) is 21.9. The average molecular weight is 450 g/mol. The molecule has 0 unspecified atom stereocenters. The Balaban J connectivity index is 1.78. The van der Waals surface area contributed by atoms with Gasteiger partial charge in [-0.1, -0.05) is 0 Å². The molecule has 0 N–H and O–H groups in total. The van der Waals surface area contributed by atoms with E-state index in [4.69, 9.17) is 28.4 Å². The molecule has 9 heteroatoms. The van der Waals surface area contributed by atoms with Crippen molar-refractivity contribution in [2.24, 2.45) is 4.99 Å². The van der Waals surface area contributed by atoms with E-state index >= 15 is 0 Å². The minimum Gasteiger partial charge on any atom is -0.497 e. The Morgan fingerprint density at radius 1 is 0.848 bits per heavy atom. The van der Waals surface area contributed by atoms with Crippen LogP contribution in [0.1, 0.15) is 11.1 Å². The number of carbonyl (C=O) groups excluding carboxylic acids is 1. The third kappa shape index (κ3) is 4.12. The summed E-state index contributed by atoms with van der Waals surface area (Å²) in [5.74, 6) is 1.80. The highest BCUT2D eigenvalue weighted by atomic mass is 16.6. The molecule has 0 bridgehead atoms. The van der Waals surface area contributed by atoms with Crippen molar-refractivity contribution in [2.75, 3.05) is 35.5 Å². The van der Waals surface area contributed by atoms with Crippen LogP contribution in [0.4, 0.5) is 0 Å². The third-order valence-corrected chi connectivity index (χ3v) is 5.03. The number of ether oxygens (including phenoxy) is 6. The molecule has 2 aromatic carbocycles. The van der Waals surface area contributed by atoms with Gasteiger partial charge in [-0.2, -0.15) is 0 Å². The van der Waals surface area contributed by atoms with E-state index in [1.807, 2.05) is 24.3 Å². The third-order valence-electron chi connectivity index (χ3n) is 5.03. The number of hydrogen-bond acceptors (Lipinski definition) is 9. The lowest BCUT2D eigenvalue weighted by Gasteiger charge is -2.13. The zero-order valence-corrected chi connectivity index (χ0v) is 18.8. The number of cyclic esters (lactones) is 1. The minimum atomic E-state index is -0.605. The summed E-state index contributed by atoms with van der Waals surface area (Å²) in [4.78, 5) is 21.5. The fourth-order valence-corrected chi connectivity index (χ4v) is 3.43. The quantitative estimate of drug-likeness (QED) is 0.398. The van der Waals surface area contributed by atoms with Crippen molar-refractivity contribution < 1.29 is 33.2 Å². The highest BCUT2D eigenvalue weighted by Gasteiger charge is 2.27. The zero-order chi connectivity index (χ0) is 23.5. The molecule has 0 spiro atoms. The van der Waals surface area contributed by atoms with Crippen molar-refractivity contribution in [2.45, 2.75) is 0 Å². The summed E-state index contributed by atoms with van der Waals surface area (Å²) in [6, 6.07) is 10.6. The summed E-state index contributed by atoms with van der Waals surface area (Å²) in [7, 11) is 7.62. The van der Waals surface area contributed by atoms with Crippen LogP contribution in [-0.4, -0.2) is 52.4 Å². The van der Waals surface area contributed by atoms with Gasteiger partial charge < -0.3 is 28.4 Å². The van der Waals surface area contributed by atoms with Gasteiger partial charge in [0.1, 0.15) is 5.75 Å². The van der Waals surface area contributed by atoms with Crippen LogP contribution in [-0.2, 0) is 9.53 Å². The van der Waals surface area contributed by atoms with Crippen LogP contribution in [0.15, 0.2) is 47.1 Å². The van der Waals surface area contributed by atoms with E-state index in [0.29, 0.717) is 40.0 Å². The lowest BCUT2D eigenvalue weighted by atomic mass is 10.1. The molecule has 9 nitrogen and oxygen atoms in total. The van der Waals surface area contributed by atoms with Gasteiger partial charge in [0, 0.05) is 16.5 Å². The molecule has 0 atom stereocenters. The molecule has 1 aliphatic rings. The van der Waals surface area contributed by atoms with Gasteiger partial charge in [-0.05, 0) is 42.5 Å². The van der Waals surface area contributed by atoms with E-state index in [9.17, 15) is 4.79 Å². The SMILES string of the molecule is COc1ccc2nc(OC)c(/C=C3\N=C(c4cc(OC)c(OC)c(OC)c4)OC3=O)cc2c1. The van der Waals surface area contributed by atoms with Crippen LogP contribution >= 0.6 is 0 Å². The van der Waals surface area contributed by atoms with Crippen molar-refractivity contribution in [3.63, 3.8) is 0 Å². The van der Waals surface area contributed by atoms with Crippen molar-refractivity contribution >= 4 is 28.8 Å². The van der Waals surface area contributed by atoms with Gasteiger partial charge in [0.15, 0.2) is 17.2 Å². The molecular weight excluding hydrogens is 428 g/mol. The second-order valence-electron chi connectivity index (χ2n) is 6.90. The number of hydrogen-bond donors (Lipinski definition) is 0. The number of nitrogens with zero attached hydrogens (tertiary/aromatic N) is 2. The number of carbonyl (C=O) groups is 1. The van der Waals surface area contributed by atoms with Crippen LogP contribution in [0, 0.1) is 0 Å². The topological polar surface area (TPSA) is 97.7 Å². The normalized spacial score (nSPS) is 14.2. The number of fused-ring (bicyclic) bond motifs is 1. The molecular formula is C24H22N2O7. The fraction of sp³-hybridized carbons (Fsp3) is 0.208. The Morgan fingerprint density at radius 3 is 2.18 bits per heavy atom. The second-order valence-corrected chi connectivity index (χ2v) is 6.90. The number of pyridine rings is 1. The standard InChI is InChI=1S/C24H22N2O7/c1-28-16-6-7-17-13(9-16)8-14(22(25-17)32-5)10-18-24(27)33-23(26-18)15-11-19(29-2)21(31-4)20(12-15)30-3/h6-12H,1-5H3/b18-10-. The Hall–Kier alpha value is -4.27. The maximum Gasteiger partial charge on any atom is 0.363 e. The van der Waals surface area contributed by atoms with E-state index < -0.39 is 5.97 Å². The van der Waals surface area contributed by atoms with Crippen LogP contribution in [0.25, 0.3) is 17.0 Å². The summed E-state index contributed by atoms with van der Waals surface area (Å²) < 4.78 is 32.2. The van der Waals surface area contributed by atoms with Gasteiger partial charge in [-0.3, -0.25) is 0 Å². The summed E-state index contributed by atoms with van der Waals surface area (Å²) in [6.45, 7) is 0. The Bertz CT molecular complexity index is 1270. The molecule has 3 aromatic rings. The van der Waals surface area contributed by atoms with Crippen molar-refractivity contribution in [1.82, 2.24) is 4.98 Å². The van der Waals surface area contributed by atoms with Gasteiger partial charge in [0.05, 0.1) is 41.1 Å². The summed E-state index contributed by atoms with van der Waals surface area (Å²) >= 11 is 0. The Labute approximate surface area is 190 Å². The molecule has 0 saturated heterocycles. The second kappa shape index (κ2) is 9.07. The largest absolute Gasteiger partial charge is 0.497 e. The van der Waals surface area contributed by atoms with E-state index in [-0.39, 0.29) is 11.6 Å². The maximum absolute atomic E-state index is 12.6. The van der Waals surface area contributed by atoms with E-state index in [2.05, 4.69) is 9.98 Å². The van der Waals surface area contributed by atoms with Gasteiger partial charge in [-0.25, -0.2) is 14.8 Å². The van der Waals surface area contributed by atoms with E-state index in [1.54, 1.807) is 25.3 Å². The van der Waals surface area contributed by atoms with Gasteiger partial charge in [-0.15, -0.1) is 0 Å². The number of aromatic nitrogens is 1. The van der Waals surface area contributed by atoms with Crippen LogP contribution in [0.2, 0.25) is 0 Å². The highest BCUT2D eigenvalue weighted by molar-refractivity contribution is 6.13. The highest BCUT2D eigenvalue weighted by Crippen LogP contribution is 2.39. The van der Waals surface area contributed by atoms with Crippen LogP contribution < -0.4 is 23.7 Å². The number of esters is 1. The molecule has 4 rings (SSSR count). The fourth-order valence-electron chi connectivity index (χ4n) is 3.43. The van der Waals surface area contributed by atoms with Gasteiger partial charge in [0.25, 0.3) is 0 Å². The summed E-state index contributed by atoms with van der Waals surface area (Å²) in [5, 5.41) is 0.821. The van der Waals surface area contributed by atoms with Crippen molar-refractivity contribution in [1.29, 1.82) is 0 Å². The molecule has 170 valence electrons. The van der Waals surface area contributed by atoms with Gasteiger partial charge in [0.2, 0.25) is 17.5 Å². The Morgan fingerprint density at radius 2 is 1.58 bits per heavy atom. The predicted molar refractivity (Wildman–Crippen MR) is 122 cm³/mol. The molecule has 0 saturated carbocycles. The lowest BCUT2D eigenvalue weighted by Crippen LogP contribution is -2.07. The lowest BCUT2D eigenvalue weighted by molar-refractivity contribution is -0.129. The first-order valence-electron chi connectivity index (χ1n) is 9.87. The molecule has 0 fully saturated rings. The minimum absolute atomic E-state index is 0.0982. The maximum atomic E-state index is 12.6. The molecule has 0 radical (unpaired) electrons. The molecule has 33 heavy (non-hydrogen) atoms.